The normalized spacial score (nSPS) is 16.5. The zero-order valence-corrected chi connectivity index (χ0v) is 15.7. The first-order chi connectivity index (χ1) is 11.8. The van der Waals surface area contributed by atoms with Gasteiger partial charge in [0, 0.05) is 31.2 Å². The molecule has 0 aromatic heterocycles. The number of benzene rings is 1. The van der Waals surface area contributed by atoms with E-state index in [-0.39, 0.29) is 18.7 Å². The van der Waals surface area contributed by atoms with Crippen molar-refractivity contribution in [2.24, 2.45) is 0 Å². The van der Waals surface area contributed by atoms with Crippen LogP contribution in [0.3, 0.4) is 0 Å². The van der Waals surface area contributed by atoms with Gasteiger partial charge in [-0.15, -0.1) is 0 Å². The average Bonchev–Trinajstić information content (AvgIpc) is 2.54. The molecule has 140 valence electrons. The van der Waals surface area contributed by atoms with E-state index in [1.165, 1.54) is 0 Å². The summed E-state index contributed by atoms with van der Waals surface area (Å²) in [6, 6.07) is 6.08. The molecule has 0 atom stereocenters. The number of nitrogens with zero attached hydrogens (tertiary/aromatic N) is 1. The van der Waals surface area contributed by atoms with Crippen molar-refractivity contribution in [1.29, 1.82) is 0 Å². The summed E-state index contributed by atoms with van der Waals surface area (Å²) >= 11 is 0. The Labute approximate surface area is 150 Å². The molecule has 2 rings (SSSR count). The van der Waals surface area contributed by atoms with Gasteiger partial charge in [0.1, 0.15) is 11.4 Å². The molecule has 0 bridgehead atoms. The maximum atomic E-state index is 11.8. The molecule has 1 aliphatic rings. The summed E-state index contributed by atoms with van der Waals surface area (Å²) in [6.45, 7) is 8.25. The van der Waals surface area contributed by atoms with Crippen LogP contribution in [-0.4, -0.2) is 47.9 Å². The van der Waals surface area contributed by atoms with Gasteiger partial charge in [0.2, 0.25) is 0 Å². The van der Waals surface area contributed by atoms with Gasteiger partial charge in [0.25, 0.3) is 0 Å². The highest BCUT2D eigenvalue weighted by Gasteiger charge is 2.23. The fraction of sp³-hybridized carbons (Fsp3) is 0.632. The molecule has 6 heteroatoms. The summed E-state index contributed by atoms with van der Waals surface area (Å²) in [5.41, 5.74) is 1.49. The van der Waals surface area contributed by atoms with Gasteiger partial charge in [0.15, 0.2) is 0 Å². The summed E-state index contributed by atoms with van der Waals surface area (Å²) in [6.07, 6.45) is 1.48. The number of ether oxygens (including phenoxy) is 2. The van der Waals surface area contributed by atoms with Crippen LogP contribution in [0.25, 0.3) is 0 Å². The highest BCUT2D eigenvalue weighted by Crippen LogP contribution is 2.22. The van der Waals surface area contributed by atoms with Gasteiger partial charge in [-0.2, -0.15) is 0 Å². The number of hydrogen-bond acceptors (Lipinski definition) is 5. The maximum absolute atomic E-state index is 11.8. The van der Waals surface area contributed by atoms with Crippen molar-refractivity contribution in [3.05, 3.63) is 29.3 Å². The van der Waals surface area contributed by atoms with E-state index in [4.69, 9.17) is 9.47 Å². The van der Waals surface area contributed by atoms with Gasteiger partial charge in [-0.1, -0.05) is 12.1 Å². The quantitative estimate of drug-likeness (QED) is 0.854. The Balaban J connectivity index is 1.81. The van der Waals surface area contributed by atoms with Crippen LogP contribution in [0.1, 0.15) is 44.7 Å². The van der Waals surface area contributed by atoms with Crippen molar-refractivity contribution >= 4 is 6.09 Å². The first-order valence-corrected chi connectivity index (χ1v) is 8.79. The Kier molecular flexibility index (Phi) is 6.67. The molecule has 0 saturated carbocycles. The molecule has 25 heavy (non-hydrogen) atoms. The minimum atomic E-state index is -0.468. The predicted molar refractivity (Wildman–Crippen MR) is 96.6 cm³/mol. The standard InChI is InChI=1S/C19H30N2O4/c1-19(2,3)25-18(23)20-16-7-9-21(10-8-16)12-14-5-6-15(13-22)17(11-14)24-4/h5-6,11,16,22H,7-10,12-13H2,1-4H3,(H,20,23). The monoisotopic (exact) mass is 350 g/mol. The fourth-order valence-electron chi connectivity index (χ4n) is 2.99. The van der Waals surface area contributed by atoms with E-state index in [1.54, 1.807) is 7.11 Å². The van der Waals surface area contributed by atoms with Crippen LogP contribution >= 0.6 is 0 Å². The molecule has 0 unspecified atom stereocenters. The molecule has 1 amide bonds. The first-order valence-electron chi connectivity index (χ1n) is 8.79. The van der Waals surface area contributed by atoms with Crippen LogP contribution in [0.2, 0.25) is 0 Å². The zero-order chi connectivity index (χ0) is 18.4. The van der Waals surface area contributed by atoms with Crippen LogP contribution in [0.15, 0.2) is 18.2 Å². The van der Waals surface area contributed by atoms with E-state index in [9.17, 15) is 9.90 Å². The molecule has 0 spiro atoms. The lowest BCUT2D eigenvalue weighted by Crippen LogP contribution is -2.45. The molecule has 0 radical (unpaired) electrons. The maximum Gasteiger partial charge on any atom is 0.407 e. The number of rotatable bonds is 5. The van der Waals surface area contributed by atoms with Gasteiger partial charge in [0.05, 0.1) is 13.7 Å². The van der Waals surface area contributed by atoms with Crippen LogP contribution in [0.5, 0.6) is 5.75 Å². The number of aliphatic hydroxyl groups is 1. The lowest BCUT2D eigenvalue weighted by Gasteiger charge is -2.33. The van der Waals surface area contributed by atoms with Crippen molar-refractivity contribution in [2.45, 2.75) is 58.4 Å². The third kappa shape index (κ3) is 6.21. The topological polar surface area (TPSA) is 71.0 Å². The number of piperidine rings is 1. The molecular weight excluding hydrogens is 320 g/mol. The SMILES string of the molecule is COc1cc(CN2CCC(NC(=O)OC(C)(C)C)CC2)ccc1CO. The summed E-state index contributed by atoms with van der Waals surface area (Å²) in [5.74, 6) is 0.724. The molecule has 1 heterocycles. The molecule has 0 aliphatic carbocycles. The van der Waals surface area contributed by atoms with Crippen LogP contribution in [0, 0.1) is 0 Å². The number of carbonyl (C=O) groups is 1. The third-order valence-corrected chi connectivity index (χ3v) is 4.24. The Morgan fingerprint density at radius 1 is 1.32 bits per heavy atom. The first kappa shape index (κ1) is 19.5. The van der Waals surface area contributed by atoms with Crippen molar-refractivity contribution in [2.75, 3.05) is 20.2 Å². The van der Waals surface area contributed by atoms with Crippen molar-refractivity contribution < 1.29 is 19.4 Å². The number of nitrogens with one attached hydrogen (secondary N) is 1. The van der Waals surface area contributed by atoms with Gasteiger partial charge < -0.3 is 19.9 Å². The molecule has 1 aromatic rings. The number of methoxy groups -OCH3 is 1. The highest BCUT2D eigenvalue weighted by atomic mass is 16.6. The van der Waals surface area contributed by atoms with E-state index >= 15 is 0 Å². The molecular formula is C19H30N2O4. The summed E-state index contributed by atoms with van der Waals surface area (Å²) in [5, 5.41) is 12.3. The Morgan fingerprint density at radius 2 is 2.00 bits per heavy atom. The summed E-state index contributed by atoms with van der Waals surface area (Å²) < 4.78 is 10.6. The lowest BCUT2D eigenvalue weighted by molar-refractivity contribution is 0.0477. The van der Waals surface area contributed by atoms with Crippen LogP contribution in [0.4, 0.5) is 4.79 Å². The predicted octanol–water partition coefficient (Wildman–Crippen LogP) is 2.68. The largest absolute Gasteiger partial charge is 0.496 e. The summed E-state index contributed by atoms with van der Waals surface area (Å²) in [4.78, 5) is 14.2. The molecule has 1 fully saturated rings. The lowest BCUT2D eigenvalue weighted by atomic mass is 10.0. The van der Waals surface area contributed by atoms with E-state index < -0.39 is 5.60 Å². The fourth-order valence-corrected chi connectivity index (χ4v) is 2.99. The van der Waals surface area contributed by atoms with E-state index in [1.807, 2.05) is 39.0 Å². The van der Waals surface area contributed by atoms with E-state index in [0.717, 1.165) is 49.4 Å². The molecule has 2 N–H and O–H groups in total. The smallest absolute Gasteiger partial charge is 0.407 e. The number of amides is 1. The van der Waals surface area contributed by atoms with Gasteiger partial charge in [-0.05, 0) is 45.2 Å². The van der Waals surface area contributed by atoms with Crippen molar-refractivity contribution in [1.82, 2.24) is 10.2 Å². The average molecular weight is 350 g/mol. The molecule has 6 nitrogen and oxygen atoms in total. The number of hydrogen-bond donors (Lipinski definition) is 2. The molecule has 1 aromatic carbocycles. The third-order valence-electron chi connectivity index (χ3n) is 4.24. The second-order valence-corrected chi connectivity index (χ2v) is 7.50. The van der Waals surface area contributed by atoms with E-state index in [0.29, 0.717) is 0 Å². The zero-order valence-electron chi connectivity index (χ0n) is 15.7. The number of carbonyl (C=O) groups excluding carboxylic acids is 1. The van der Waals surface area contributed by atoms with Gasteiger partial charge >= 0.3 is 6.09 Å². The Hall–Kier alpha value is -1.79. The molecule has 1 aliphatic heterocycles. The second-order valence-electron chi connectivity index (χ2n) is 7.50. The summed E-state index contributed by atoms with van der Waals surface area (Å²) in [7, 11) is 1.62. The minimum Gasteiger partial charge on any atom is -0.496 e. The highest BCUT2D eigenvalue weighted by molar-refractivity contribution is 5.68. The van der Waals surface area contributed by atoms with Gasteiger partial charge in [-0.3, -0.25) is 4.90 Å². The minimum absolute atomic E-state index is 0.0226. The van der Waals surface area contributed by atoms with Crippen LogP contribution < -0.4 is 10.1 Å². The van der Waals surface area contributed by atoms with Crippen molar-refractivity contribution in [3.8, 4) is 5.75 Å². The van der Waals surface area contributed by atoms with Crippen molar-refractivity contribution in [3.63, 3.8) is 0 Å². The second kappa shape index (κ2) is 8.54. The number of likely N-dealkylation sites (tertiary alicyclic amines) is 1. The molecule has 1 saturated heterocycles. The van der Waals surface area contributed by atoms with Crippen LogP contribution in [-0.2, 0) is 17.9 Å². The number of alkyl carbamates (subject to hydrolysis) is 1. The number of aliphatic hydroxyl groups excluding tert-OH is 1. The van der Waals surface area contributed by atoms with E-state index in [2.05, 4.69) is 10.2 Å². The Morgan fingerprint density at radius 3 is 2.56 bits per heavy atom. The Bertz CT molecular complexity index is 575. The van der Waals surface area contributed by atoms with Gasteiger partial charge in [-0.25, -0.2) is 4.79 Å².